The molecule has 82 valence electrons. The fraction of sp³-hybridized carbons (Fsp3) is 0.0833. The smallest absolute Gasteiger partial charge is 0.123 e. The van der Waals surface area contributed by atoms with E-state index < -0.39 is 0 Å². The van der Waals surface area contributed by atoms with Gasteiger partial charge in [0, 0.05) is 18.0 Å². The first-order valence-electron chi connectivity index (χ1n) is 4.82. The van der Waals surface area contributed by atoms with Gasteiger partial charge in [-0.05, 0) is 30.3 Å². The lowest BCUT2D eigenvalue weighted by molar-refractivity contribution is 0.305. The number of halogens is 1. The third kappa shape index (κ3) is 2.70. The summed E-state index contributed by atoms with van der Waals surface area (Å²) in [4.78, 5) is 3.95. The normalized spacial score (nSPS) is 10.1. The van der Waals surface area contributed by atoms with Gasteiger partial charge in [-0.3, -0.25) is 4.98 Å². The van der Waals surface area contributed by atoms with E-state index in [1.54, 1.807) is 30.6 Å². The number of anilines is 1. The van der Waals surface area contributed by atoms with Gasteiger partial charge in [0.15, 0.2) is 0 Å². The van der Waals surface area contributed by atoms with Crippen molar-refractivity contribution in [3.8, 4) is 5.75 Å². The Morgan fingerprint density at radius 2 is 1.94 bits per heavy atom. The monoisotopic (exact) mass is 218 g/mol. The number of nitrogens with zero attached hydrogens (tertiary/aromatic N) is 1. The second-order valence-corrected chi connectivity index (χ2v) is 3.37. The van der Waals surface area contributed by atoms with Crippen LogP contribution in [0.15, 0.2) is 42.7 Å². The van der Waals surface area contributed by atoms with E-state index in [0.29, 0.717) is 18.0 Å². The van der Waals surface area contributed by atoms with Crippen molar-refractivity contribution in [1.82, 2.24) is 4.98 Å². The fourth-order valence-electron chi connectivity index (χ4n) is 1.28. The zero-order valence-electron chi connectivity index (χ0n) is 8.56. The zero-order chi connectivity index (χ0) is 11.4. The number of pyridine rings is 1. The van der Waals surface area contributed by atoms with Gasteiger partial charge in [-0.1, -0.05) is 0 Å². The van der Waals surface area contributed by atoms with Crippen LogP contribution in [-0.2, 0) is 6.61 Å². The number of hydrogen-bond acceptors (Lipinski definition) is 3. The zero-order valence-corrected chi connectivity index (χ0v) is 8.56. The van der Waals surface area contributed by atoms with Crippen molar-refractivity contribution in [2.75, 3.05) is 5.73 Å². The van der Waals surface area contributed by atoms with Gasteiger partial charge in [-0.15, -0.1) is 0 Å². The number of hydrogen-bond donors (Lipinski definition) is 1. The average Bonchev–Trinajstić information content (AvgIpc) is 2.28. The predicted molar refractivity (Wildman–Crippen MR) is 59.4 cm³/mol. The minimum Gasteiger partial charge on any atom is -0.489 e. The summed E-state index contributed by atoms with van der Waals surface area (Å²) in [5.41, 5.74) is 7.06. The van der Waals surface area contributed by atoms with Crippen LogP contribution in [0.5, 0.6) is 5.75 Å². The van der Waals surface area contributed by atoms with Crippen LogP contribution in [-0.4, -0.2) is 4.98 Å². The molecule has 0 saturated carbocycles. The maximum Gasteiger partial charge on any atom is 0.123 e. The summed E-state index contributed by atoms with van der Waals surface area (Å²) < 4.78 is 18.1. The van der Waals surface area contributed by atoms with Gasteiger partial charge < -0.3 is 10.5 Å². The van der Waals surface area contributed by atoms with Crippen LogP contribution in [0.25, 0.3) is 0 Å². The highest BCUT2D eigenvalue weighted by atomic mass is 19.1. The van der Waals surface area contributed by atoms with Crippen molar-refractivity contribution < 1.29 is 9.13 Å². The molecule has 0 saturated heterocycles. The molecule has 0 atom stereocenters. The molecule has 0 radical (unpaired) electrons. The molecule has 1 aromatic carbocycles. The number of aromatic nitrogens is 1. The minimum absolute atomic E-state index is 0.280. The Morgan fingerprint density at radius 1 is 1.19 bits per heavy atom. The summed E-state index contributed by atoms with van der Waals surface area (Å²) in [6.07, 6.45) is 3.25. The summed E-state index contributed by atoms with van der Waals surface area (Å²) in [5.74, 6) is 0.335. The molecular weight excluding hydrogens is 207 g/mol. The van der Waals surface area contributed by atoms with E-state index in [4.69, 9.17) is 10.5 Å². The molecule has 16 heavy (non-hydrogen) atoms. The Morgan fingerprint density at radius 3 is 2.62 bits per heavy atom. The highest BCUT2D eigenvalue weighted by molar-refractivity contribution is 5.37. The van der Waals surface area contributed by atoms with Gasteiger partial charge in [-0.2, -0.15) is 0 Å². The van der Waals surface area contributed by atoms with E-state index in [2.05, 4.69) is 4.98 Å². The molecule has 0 bridgehead atoms. The maximum absolute atomic E-state index is 12.6. The molecular formula is C12H11FN2O. The van der Waals surface area contributed by atoms with Crippen LogP contribution in [0.3, 0.4) is 0 Å². The average molecular weight is 218 g/mol. The number of nitrogen functional groups attached to an aromatic ring is 1. The van der Waals surface area contributed by atoms with Crippen LogP contribution in [0.4, 0.5) is 10.1 Å². The molecule has 0 aliphatic carbocycles. The number of nitrogens with two attached hydrogens (primary N) is 1. The molecule has 4 heteroatoms. The third-order valence-electron chi connectivity index (χ3n) is 2.04. The predicted octanol–water partition coefficient (Wildman–Crippen LogP) is 2.38. The van der Waals surface area contributed by atoms with Crippen molar-refractivity contribution in [2.45, 2.75) is 6.61 Å². The highest BCUT2D eigenvalue weighted by Crippen LogP contribution is 2.13. The van der Waals surface area contributed by atoms with Crippen molar-refractivity contribution in [2.24, 2.45) is 0 Å². The van der Waals surface area contributed by atoms with Crippen LogP contribution >= 0.6 is 0 Å². The van der Waals surface area contributed by atoms with Crippen LogP contribution in [0.1, 0.15) is 5.56 Å². The fourth-order valence-corrected chi connectivity index (χ4v) is 1.28. The first-order valence-corrected chi connectivity index (χ1v) is 4.82. The van der Waals surface area contributed by atoms with Gasteiger partial charge in [0.25, 0.3) is 0 Å². The Balaban J connectivity index is 1.99. The summed E-state index contributed by atoms with van der Waals surface area (Å²) in [5, 5.41) is 0. The largest absolute Gasteiger partial charge is 0.489 e. The van der Waals surface area contributed by atoms with Gasteiger partial charge >= 0.3 is 0 Å². The lowest BCUT2D eigenvalue weighted by Gasteiger charge is -2.06. The lowest BCUT2D eigenvalue weighted by atomic mass is 10.3. The molecule has 2 aromatic rings. The van der Waals surface area contributed by atoms with Crippen molar-refractivity contribution >= 4 is 5.69 Å². The van der Waals surface area contributed by atoms with Gasteiger partial charge in [-0.25, -0.2) is 4.39 Å². The summed E-state index contributed by atoms with van der Waals surface area (Å²) in [6, 6.07) is 7.65. The quantitative estimate of drug-likeness (QED) is 0.860. The molecule has 0 spiro atoms. The van der Waals surface area contributed by atoms with E-state index in [9.17, 15) is 4.39 Å². The molecule has 0 fully saturated rings. The number of rotatable bonds is 3. The molecule has 1 heterocycles. The van der Waals surface area contributed by atoms with E-state index >= 15 is 0 Å². The first-order chi connectivity index (χ1) is 7.74. The molecule has 1 aromatic heterocycles. The van der Waals surface area contributed by atoms with E-state index in [1.807, 2.05) is 0 Å². The SMILES string of the molecule is Nc1cncc(COc2ccc(F)cc2)c1. The second kappa shape index (κ2) is 4.61. The van der Waals surface area contributed by atoms with Crippen LogP contribution in [0, 0.1) is 5.82 Å². The van der Waals surface area contributed by atoms with Crippen LogP contribution in [0.2, 0.25) is 0 Å². The van der Waals surface area contributed by atoms with Gasteiger partial charge in [0.2, 0.25) is 0 Å². The van der Waals surface area contributed by atoms with Gasteiger partial charge in [0.05, 0.1) is 5.69 Å². The maximum atomic E-state index is 12.6. The standard InChI is InChI=1S/C12H11FN2O/c13-10-1-3-12(4-2-10)16-8-9-5-11(14)7-15-6-9/h1-7H,8,14H2. The minimum atomic E-state index is -0.280. The molecule has 0 aliphatic rings. The molecule has 0 unspecified atom stereocenters. The van der Waals surface area contributed by atoms with E-state index in [1.165, 1.54) is 12.1 Å². The summed E-state index contributed by atoms with van der Waals surface area (Å²) in [7, 11) is 0. The number of ether oxygens (including phenoxy) is 1. The molecule has 2 rings (SSSR count). The Kier molecular flexibility index (Phi) is 3.00. The second-order valence-electron chi connectivity index (χ2n) is 3.37. The lowest BCUT2D eigenvalue weighted by Crippen LogP contribution is -1.97. The van der Waals surface area contributed by atoms with Crippen LogP contribution < -0.4 is 10.5 Å². The van der Waals surface area contributed by atoms with Crippen molar-refractivity contribution in [3.05, 3.63) is 54.1 Å². The molecule has 0 aliphatic heterocycles. The highest BCUT2D eigenvalue weighted by Gasteiger charge is 1.97. The molecule has 3 nitrogen and oxygen atoms in total. The summed E-state index contributed by atoms with van der Waals surface area (Å²) >= 11 is 0. The van der Waals surface area contributed by atoms with Gasteiger partial charge in [0.1, 0.15) is 18.2 Å². The van der Waals surface area contributed by atoms with E-state index in [0.717, 1.165) is 5.56 Å². The Bertz CT molecular complexity index is 471. The van der Waals surface area contributed by atoms with E-state index in [-0.39, 0.29) is 5.82 Å². The van der Waals surface area contributed by atoms with Crippen molar-refractivity contribution in [3.63, 3.8) is 0 Å². The number of benzene rings is 1. The van der Waals surface area contributed by atoms with Crippen molar-refractivity contribution in [1.29, 1.82) is 0 Å². The first kappa shape index (κ1) is 10.4. The topological polar surface area (TPSA) is 48.1 Å². The Labute approximate surface area is 92.7 Å². The third-order valence-corrected chi connectivity index (χ3v) is 2.04. The molecule has 2 N–H and O–H groups in total. The Hall–Kier alpha value is -2.10. The summed E-state index contributed by atoms with van der Waals surface area (Å²) in [6.45, 7) is 0.365. The molecule has 0 amide bonds.